The van der Waals surface area contributed by atoms with Gasteiger partial charge in [-0.05, 0) is 36.3 Å². The Morgan fingerprint density at radius 2 is 2.00 bits per heavy atom. The van der Waals surface area contributed by atoms with Gasteiger partial charge in [-0.25, -0.2) is 0 Å². The van der Waals surface area contributed by atoms with Gasteiger partial charge in [0.25, 0.3) is 0 Å². The first kappa shape index (κ1) is 9.41. The molecule has 2 atom stereocenters. The average molecular weight is 202 g/mol. The second-order valence-electron chi connectivity index (χ2n) is 5.09. The molecule has 1 aromatic rings. The van der Waals surface area contributed by atoms with Crippen molar-refractivity contribution >= 4 is 0 Å². The molecular formula is C14H18O. The molecule has 2 unspecified atom stereocenters. The lowest BCUT2D eigenvalue weighted by Crippen LogP contribution is -2.17. The summed E-state index contributed by atoms with van der Waals surface area (Å²) < 4.78 is 0. The minimum absolute atomic E-state index is 0.0962. The third-order valence-corrected chi connectivity index (χ3v) is 3.92. The zero-order chi connectivity index (χ0) is 10.3. The van der Waals surface area contributed by atoms with Crippen molar-refractivity contribution in [1.82, 2.24) is 0 Å². The summed E-state index contributed by atoms with van der Waals surface area (Å²) in [5, 5.41) is 10.2. The fraction of sp³-hybridized carbons (Fsp3) is 0.571. The summed E-state index contributed by atoms with van der Waals surface area (Å²) in [5.74, 6) is 1.24. The standard InChI is InChI=1S/C14H18O/c15-14(9-10-5-6-10)13-8-7-11-3-1-2-4-12(11)13/h1-4,10,13-15H,5-9H2. The van der Waals surface area contributed by atoms with Crippen molar-refractivity contribution in [1.29, 1.82) is 0 Å². The molecule has 0 spiro atoms. The minimum Gasteiger partial charge on any atom is -0.392 e. The zero-order valence-corrected chi connectivity index (χ0v) is 9.02. The molecule has 0 saturated heterocycles. The van der Waals surface area contributed by atoms with Crippen LogP contribution in [0.4, 0.5) is 0 Å². The van der Waals surface area contributed by atoms with Gasteiger partial charge in [0.05, 0.1) is 6.10 Å². The van der Waals surface area contributed by atoms with Gasteiger partial charge in [-0.2, -0.15) is 0 Å². The normalized spacial score (nSPS) is 26.3. The molecule has 2 aliphatic rings. The maximum absolute atomic E-state index is 10.2. The summed E-state index contributed by atoms with van der Waals surface area (Å²) in [4.78, 5) is 0. The average Bonchev–Trinajstić information content (AvgIpc) is 2.96. The summed E-state index contributed by atoms with van der Waals surface area (Å²) in [7, 11) is 0. The van der Waals surface area contributed by atoms with Gasteiger partial charge in [0.2, 0.25) is 0 Å². The van der Waals surface area contributed by atoms with E-state index in [1.807, 2.05) is 0 Å². The molecule has 0 aromatic heterocycles. The van der Waals surface area contributed by atoms with Crippen molar-refractivity contribution in [2.75, 3.05) is 0 Å². The molecule has 0 aliphatic heterocycles. The van der Waals surface area contributed by atoms with Crippen molar-refractivity contribution in [3.63, 3.8) is 0 Å². The first-order valence-electron chi connectivity index (χ1n) is 6.10. The summed E-state index contributed by atoms with van der Waals surface area (Å²) in [5.41, 5.74) is 2.86. The van der Waals surface area contributed by atoms with Crippen LogP contribution in [0.1, 0.15) is 42.7 Å². The lowest BCUT2D eigenvalue weighted by atomic mass is 9.92. The van der Waals surface area contributed by atoms with Crippen molar-refractivity contribution in [3.05, 3.63) is 35.4 Å². The van der Waals surface area contributed by atoms with Crippen molar-refractivity contribution < 1.29 is 5.11 Å². The van der Waals surface area contributed by atoms with E-state index in [0.717, 1.165) is 25.2 Å². The lowest BCUT2D eigenvalue weighted by Gasteiger charge is -2.18. The highest BCUT2D eigenvalue weighted by Crippen LogP contribution is 2.41. The SMILES string of the molecule is OC(CC1CC1)C1CCc2ccccc21. The zero-order valence-electron chi connectivity index (χ0n) is 9.02. The molecule has 1 aromatic carbocycles. The first-order valence-corrected chi connectivity index (χ1v) is 6.10. The van der Waals surface area contributed by atoms with Crippen LogP contribution in [0, 0.1) is 5.92 Å². The maximum Gasteiger partial charge on any atom is 0.0611 e. The Kier molecular flexibility index (Phi) is 2.28. The third-order valence-electron chi connectivity index (χ3n) is 3.92. The van der Waals surface area contributed by atoms with E-state index >= 15 is 0 Å². The Labute approximate surface area is 91.1 Å². The molecule has 0 heterocycles. The van der Waals surface area contributed by atoms with Crippen LogP contribution in [0.15, 0.2) is 24.3 Å². The van der Waals surface area contributed by atoms with Crippen LogP contribution in [-0.4, -0.2) is 11.2 Å². The van der Waals surface area contributed by atoms with E-state index in [-0.39, 0.29) is 6.10 Å². The molecule has 3 rings (SSSR count). The van der Waals surface area contributed by atoms with E-state index in [1.165, 1.54) is 24.0 Å². The van der Waals surface area contributed by atoms with Gasteiger partial charge in [-0.1, -0.05) is 37.1 Å². The number of hydrogen-bond acceptors (Lipinski definition) is 1. The largest absolute Gasteiger partial charge is 0.392 e. The molecule has 80 valence electrons. The number of aliphatic hydroxyl groups excluding tert-OH is 1. The number of fused-ring (bicyclic) bond motifs is 1. The van der Waals surface area contributed by atoms with E-state index in [9.17, 15) is 5.11 Å². The third kappa shape index (κ3) is 1.81. The quantitative estimate of drug-likeness (QED) is 0.799. The van der Waals surface area contributed by atoms with E-state index in [1.54, 1.807) is 0 Å². The van der Waals surface area contributed by atoms with Gasteiger partial charge in [-0.15, -0.1) is 0 Å². The highest BCUT2D eigenvalue weighted by molar-refractivity contribution is 5.35. The van der Waals surface area contributed by atoms with Gasteiger partial charge in [0.15, 0.2) is 0 Å². The van der Waals surface area contributed by atoms with E-state index in [2.05, 4.69) is 24.3 Å². The fourth-order valence-corrected chi connectivity index (χ4v) is 2.85. The molecule has 1 heteroatoms. The Bertz CT molecular complexity index is 354. The van der Waals surface area contributed by atoms with E-state index < -0.39 is 0 Å². The van der Waals surface area contributed by atoms with Crippen LogP contribution in [0.5, 0.6) is 0 Å². The molecule has 1 N–H and O–H groups in total. The summed E-state index contributed by atoms with van der Waals surface area (Å²) in [6.07, 6.45) is 5.91. The lowest BCUT2D eigenvalue weighted by molar-refractivity contribution is 0.127. The molecule has 0 amide bonds. The van der Waals surface area contributed by atoms with Crippen molar-refractivity contribution in [2.24, 2.45) is 5.92 Å². The van der Waals surface area contributed by atoms with Gasteiger partial charge < -0.3 is 5.11 Å². The second-order valence-corrected chi connectivity index (χ2v) is 5.09. The molecule has 0 bridgehead atoms. The smallest absolute Gasteiger partial charge is 0.0611 e. The van der Waals surface area contributed by atoms with Gasteiger partial charge in [-0.3, -0.25) is 0 Å². The molecule has 15 heavy (non-hydrogen) atoms. The van der Waals surface area contributed by atoms with Crippen LogP contribution in [0.25, 0.3) is 0 Å². The van der Waals surface area contributed by atoms with Crippen LogP contribution in [-0.2, 0) is 6.42 Å². The Morgan fingerprint density at radius 1 is 1.20 bits per heavy atom. The number of rotatable bonds is 3. The molecule has 1 fully saturated rings. The fourth-order valence-electron chi connectivity index (χ4n) is 2.85. The predicted molar refractivity (Wildman–Crippen MR) is 60.9 cm³/mol. The van der Waals surface area contributed by atoms with E-state index in [4.69, 9.17) is 0 Å². The van der Waals surface area contributed by atoms with Crippen LogP contribution < -0.4 is 0 Å². The maximum atomic E-state index is 10.2. The monoisotopic (exact) mass is 202 g/mol. The van der Waals surface area contributed by atoms with Crippen molar-refractivity contribution in [2.45, 2.75) is 44.1 Å². The summed E-state index contributed by atoms with van der Waals surface area (Å²) in [6, 6.07) is 8.61. The number of benzene rings is 1. The van der Waals surface area contributed by atoms with Gasteiger partial charge >= 0.3 is 0 Å². The minimum atomic E-state index is -0.0962. The molecule has 0 radical (unpaired) electrons. The van der Waals surface area contributed by atoms with Crippen molar-refractivity contribution in [3.8, 4) is 0 Å². The summed E-state index contributed by atoms with van der Waals surface area (Å²) in [6.45, 7) is 0. The first-order chi connectivity index (χ1) is 7.34. The number of hydrogen-bond donors (Lipinski definition) is 1. The van der Waals surface area contributed by atoms with Crippen LogP contribution in [0.3, 0.4) is 0 Å². The number of aryl methyl sites for hydroxylation is 1. The predicted octanol–water partition coefficient (Wildman–Crippen LogP) is 2.88. The Morgan fingerprint density at radius 3 is 2.80 bits per heavy atom. The number of aliphatic hydroxyl groups is 1. The van der Waals surface area contributed by atoms with E-state index in [0.29, 0.717) is 5.92 Å². The van der Waals surface area contributed by atoms with Crippen LogP contribution >= 0.6 is 0 Å². The van der Waals surface area contributed by atoms with Gasteiger partial charge in [0, 0.05) is 5.92 Å². The highest BCUT2D eigenvalue weighted by Gasteiger charge is 2.32. The van der Waals surface area contributed by atoms with Crippen LogP contribution in [0.2, 0.25) is 0 Å². The molecule has 1 nitrogen and oxygen atoms in total. The van der Waals surface area contributed by atoms with Gasteiger partial charge in [0.1, 0.15) is 0 Å². The molecule has 2 aliphatic carbocycles. The summed E-state index contributed by atoms with van der Waals surface area (Å²) >= 11 is 0. The topological polar surface area (TPSA) is 20.2 Å². The Balaban J connectivity index is 1.77. The molecular weight excluding hydrogens is 184 g/mol. The molecule has 1 saturated carbocycles. The Hall–Kier alpha value is -0.820. The second kappa shape index (κ2) is 3.64. The highest BCUT2D eigenvalue weighted by atomic mass is 16.3.